The zero-order valence-electron chi connectivity index (χ0n) is 16.1. The van der Waals surface area contributed by atoms with Crippen molar-refractivity contribution >= 4 is 5.69 Å². The maximum Gasteiger partial charge on any atom is 0.293 e. The predicted molar refractivity (Wildman–Crippen MR) is 105 cm³/mol. The molecule has 1 aromatic heterocycles. The van der Waals surface area contributed by atoms with Crippen molar-refractivity contribution in [3.8, 4) is 17.1 Å². The molecule has 2 heterocycles. The number of rotatable bonds is 1. The number of fused-ring (bicyclic) bond motifs is 3. The van der Waals surface area contributed by atoms with Crippen molar-refractivity contribution in [2.24, 2.45) is 0 Å². The molecule has 0 saturated carbocycles. The molecular formula is C23H24N3+. The van der Waals surface area contributed by atoms with Crippen LogP contribution in [0.4, 0.5) is 5.69 Å². The van der Waals surface area contributed by atoms with Gasteiger partial charge in [-0.25, -0.2) is 9.41 Å². The molecule has 0 fully saturated rings. The zero-order valence-corrected chi connectivity index (χ0v) is 16.1. The van der Waals surface area contributed by atoms with E-state index in [1.165, 1.54) is 39.3 Å². The van der Waals surface area contributed by atoms with Crippen molar-refractivity contribution in [3.63, 3.8) is 0 Å². The average Bonchev–Trinajstić information content (AvgIpc) is 3.12. The number of aryl methyl sites for hydroxylation is 2. The van der Waals surface area contributed by atoms with Gasteiger partial charge in [0.15, 0.2) is 5.69 Å². The molecule has 0 saturated heterocycles. The SMILES string of the molecule is [C-]#[N+]c1ccc2c(c1)-c1n(-c3c(C)cc(C(C)(C)C)cc3C)cc[n+]1C2. The Bertz CT molecular complexity index is 1050. The predicted octanol–water partition coefficient (Wildman–Crippen LogP) is 5.26. The summed E-state index contributed by atoms with van der Waals surface area (Å²) in [5.74, 6) is 1.17. The van der Waals surface area contributed by atoms with Crippen molar-refractivity contribution in [2.75, 3.05) is 0 Å². The molecule has 0 spiro atoms. The molecule has 130 valence electrons. The Morgan fingerprint density at radius 3 is 2.38 bits per heavy atom. The molecule has 0 radical (unpaired) electrons. The number of imidazole rings is 1. The standard InChI is InChI=1S/C23H24N3/c1-15-11-18(23(3,4)5)12-16(2)21(15)26-10-9-25-14-17-7-8-19(24-6)13-20(17)22(25)26/h7-13H,14H2,1-5H3/q+1. The molecule has 3 nitrogen and oxygen atoms in total. The Kier molecular flexibility index (Phi) is 3.56. The van der Waals surface area contributed by atoms with Crippen molar-refractivity contribution in [2.45, 2.75) is 46.6 Å². The van der Waals surface area contributed by atoms with Crippen LogP contribution in [0.15, 0.2) is 42.7 Å². The number of hydrogen-bond donors (Lipinski definition) is 0. The molecule has 1 aliphatic heterocycles. The van der Waals surface area contributed by atoms with Crippen LogP contribution in [0.25, 0.3) is 21.9 Å². The van der Waals surface area contributed by atoms with Gasteiger partial charge in [-0.15, -0.1) is 0 Å². The molecule has 0 amide bonds. The first-order valence-corrected chi connectivity index (χ1v) is 9.03. The quantitative estimate of drug-likeness (QED) is 0.331. The van der Waals surface area contributed by atoms with Crippen LogP contribution in [-0.2, 0) is 12.0 Å². The number of nitrogens with zero attached hydrogens (tertiary/aromatic N) is 3. The van der Waals surface area contributed by atoms with Gasteiger partial charge in [-0.05, 0) is 42.0 Å². The highest BCUT2D eigenvalue weighted by Crippen LogP contribution is 2.35. The van der Waals surface area contributed by atoms with Crippen LogP contribution in [0.3, 0.4) is 0 Å². The first-order valence-electron chi connectivity index (χ1n) is 9.03. The summed E-state index contributed by atoms with van der Waals surface area (Å²) in [5, 5.41) is 0. The summed E-state index contributed by atoms with van der Waals surface area (Å²) < 4.78 is 4.56. The fraction of sp³-hybridized carbons (Fsp3) is 0.304. The third-order valence-corrected chi connectivity index (χ3v) is 5.30. The molecule has 0 aliphatic carbocycles. The van der Waals surface area contributed by atoms with Gasteiger partial charge in [-0.3, -0.25) is 0 Å². The molecular weight excluding hydrogens is 318 g/mol. The molecule has 0 atom stereocenters. The Hall–Kier alpha value is -2.86. The molecule has 26 heavy (non-hydrogen) atoms. The lowest BCUT2D eigenvalue weighted by Gasteiger charge is -2.21. The second kappa shape index (κ2) is 5.57. The minimum absolute atomic E-state index is 0.137. The molecule has 2 aromatic carbocycles. The fourth-order valence-electron chi connectivity index (χ4n) is 3.95. The van der Waals surface area contributed by atoms with E-state index in [1.54, 1.807) is 0 Å². The lowest BCUT2D eigenvalue weighted by atomic mass is 9.84. The third kappa shape index (κ3) is 2.45. The smallest absolute Gasteiger partial charge is 0.238 e. The van der Waals surface area contributed by atoms with E-state index >= 15 is 0 Å². The Morgan fingerprint density at radius 2 is 1.77 bits per heavy atom. The summed E-state index contributed by atoms with van der Waals surface area (Å²) in [6.45, 7) is 19.4. The van der Waals surface area contributed by atoms with Gasteiger partial charge < -0.3 is 0 Å². The van der Waals surface area contributed by atoms with Crippen molar-refractivity contribution in [1.29, 1.82) is 0 Å². The van der Waals surface area contributed by atoms with Gasteiger partial charge in [0, 0.05) is 5.56 Å². The highest BCUT2D eigenvalue weighted by Gasteiger charge is 2.31. The van der Waals surface area contributed by atoms with Gasteiger partial charge in [-0.1, -0.05) is 45.0 Å². The summed E-state index contributed by atoms with van der Waals surface area (Å²) in [6.07, 6.45) is 4.29. The lowest BCUT2D eigenvalue weighted by molar-refractivity contribution is -0.671. The van der Waals surface area contributed by atoms with Crippen LogP contribution in [0.2, 0.25) is 0 Å². The first kappa shape index (κ1) is 16.6. The summed E-state index contributed by atoms with van der Waals surface area (Å²) >= 11 is 0. The Morgan fingerprint density at radius 1 is 1.08 bits per heavy atom. The van der Waals surface area contributed by atoms with Crippen LogP contribution in [0.5, 0.6) is 0 Å². The number of aromatic nitrogens is 2. The Labute approximate surface area is 155 Å². The largest absolute Gasteiger partial charge is 0.293 e. The van der Waals surface area contributed by atoms with E-state index in [1.807, 2.05) is 12.1 Å². The van der Waals surface area contributed by atoms with Gasteiger partial charge in [0.05, 0.1) is 12.1 Å². The number of benzene rings is 2. The molecule has 0 unspecified atom stereocenters. The minimum atomic E-state index is 0.137. The highest BCUT2D eigenvalue weighted by atomic mass is 15.2. The zero-order chi connectivity index (χ0) is 18.6. The van der Waals surface area contributed by atoms with Gasteiger partial charge in [-0.2, -0.15) is 4.57 Å². The minimum Gasteiger partial charge on any atom is -0.238 e. The summed E-state index contributed by atoms with van der Waals surface area (Å²) in [5.41, 5.74) is 8.45. The van der Waals surface area contributed by atoms with E-state index in [0.717, 1.165) is 6.54 Å². The summed E-state index contributed by atoms with van der Waals surface area (Å²) in [4.78, 5) is 3.61. The van der Waals surface area contributed by atoms with Crippen molar-refractivity contribution in [1.82, 2.24) is 4.57 Å². The molecule has 3 aromatic rings. The van der Waals surface area contributed by atoms with E-state index < -0.39 is 0 Å². The topological polar surface area (TPSA) is 13.2 Å². The number of hydrogen-bond acceptors (Lipinski definition) is 0. The van der Waals surface area contributed by atoms with Crippen LogP contribution in [-0.4, -0.2) is 4.57 Å². The molecule has 0 N–H and O–H groups in total. The summed E-state index contributed by atoms with van der Waals surface area (Å²) in [6, 6.07) is 10.6. The first-order chi connectivity index (χ1) is 12.3. The van der Waals surface area contributed by atoms with Crippen LogP contribution < -0.4 is 4.57 Å². The van der Waals surface area contributed by atoms with Gasteiger partial charge in [0.2, 0.25) is 0 Å². The Balaban J connectivity index is 1.92. The van der Waals surface area contributed by atoms with E-state index in [4.69, 9.17) is 6.57 Å². The van der Waals surface area contributed by atoms with Crippen LogP contribution in [0, 0.1) is 20.4 Å². The summed E-state index contributed by atoms with van der Waals surface area (Å²) in [7, 11) is 0. The van der Waals surface area contributed by atoms with Gasteiger partial charge in [0.25, 0.3) is 5.82 Å². The maximum atomic E-state index is 7.33. The molecule has 0 bridgehead atoms. The second-order valence-electron chi connectivity index (χ2n) is 8.28. The van der Waals surface area contributed by atoms with Crippen LogP contribution in [0.1, 0.15) is 43.0 Å². The average molecular weight is 342 g/mol. The molecule has 1 aliphatic rings. The van der Waals surface area contributed by atoms with Gasteiger partial charge in [0.1, 0.15) is 24.6 Å². The normalized spacial score (nSPS) is 12.6. The molecule has 3 heteroatoms. The van der Waals surface area contributed by atoms with Crippen molar-refractivity contribution < 1.29 is 4.57 Å². The molecule has 4 rings (SSSR count). The third-order valence-electron chi connectivity index (χ3n) is 5.30. The van der Waals surface area contributed by atoms with E-state index in [9.17, 15) is 0 Å². The monoisotopic (exact) mass is 342 g/mol. The van der Waals surface area contributed by atoms with Crippen molar-refractivity contribution in [3.05, 3.63) is 76.4 Å². The van der Waals surface area contributed by atoms with E-state index in [2.05, 4.69) is 79.2 Å². The van der Waals surface area contributed by atoms with E-state index in [-0.39, 0.29) is 5.41 Å². The maximum absolute atomic E-state index is 7.33. The van der Waals surface area contributed by atoms with Crippen LogP contribution >= 0.6 is 0 Å². The lowest BCUT2D eigenvalue weighted by Crippen LogP contribution is -2.30. The van der Waals surface area contributed by atoms with E-state index in [0.29, 0.717) is 5.69 Å². The highest BCUT2D eigenvalue weighted by molar-refractivity contribution is 5.69. The second-order valence-corrected chi connectivity index (χ2v) is 8.28. The fourth-order valence-corrected chi connectivity index (χ4v) is 3.95. The van der Waals surface area contributed by atoms with Gasteiger partial charge >= 0.3 is 0 Å².